The molecule has 0 bridgehead atoms. The summed E-state index contributed by atoms with van der Waals surface area (Å²) in [5.74, 6) is 1.89. The van der Waals surface area contributed by atoms with E-state index < -0.39 is 0 Å². The Morgan fingerprint density at radius 2 is 2.35 bits per heavy atom. The number of piperidine rings is 1. The van der Waals surface area contributed by atoms with Crippen molar-refractivity contribution in [1.82, 2.24) is 9.97 Å². The van der Waals surface area contributed by atoms with Crippen LogP contribution in [-0.2, 0) is 11.2 Å². The van der Waals surface area contributed by atoms with Gasteiger partial charge in [0.15, 0.2) is 0 Å². The smallest absolute Gasteiger partial charge is 0.133 e. The number of rotatable bonds is 3. The highest BCUT2D eigenvalue weighted by Crippen LogP contribution is 2.21. The second-order valence-electron chi connectivity index (χ2n) is 4.26. The van der Waals surface area contributed by atoms with Gasteiger partial charge in [0.05, 0.1) is 6.10 Å². The Morgan fingerprint density at radius 1 is 1.53 bits per heavy atom. The summed E-state index contributed by atoms with van der Waals surface area (Å²) in [5, 5.41) is 0. The Balaban J connectivity index is 2.18. The number of nitrogens with zero attached hydrogens (tertiary/aromatic N) is 3. The summed E-state index contributed by atoms with van der Waals surface area (Å²) in [6.45, 7) is 4.04. The molecule has 1 aromatic rings. The van der Waals surface area contributed by atoms with E-state index in [-0.39, 0.29) is 0 Å². The van der Waals surface area contributed by atoms with Gasteiger partial charge in [-0.05, 0) is 28.8 Å². The fraction of sp³-hybridized carbons (Fsp3) is 0.667. The van der Waals surface area contributed by atoms with Crippen molar-refractivity contribution in [3.63, 3.8) is 0 Å². The first-order chi connectivity index (χ1) is 8.22. The van der Waals surface area contributed by atoms with E-state index in [2.05, 4.69) is 37.7 Å². The van der Waals surface area contributed by atoms with E-state index in [1.165, 1.54) is 0 Å². The molecule has 94 valence electrons. The molecule has 0 amide bonds. The van der Waals surface area contributed by atoms with Gasteiger partial charge in [-0.25, -0.2) is 9.97 Å². The van der Waals surface area contributed by atoms with E-state index in [4.69, 9.17) is 4.74 Å². The maximum absolute atomic E-state index is 5.43. The lowest BCUT2D eigenvalue weighted by Crippen LogP contribution is -2.39. The van der Waals surface area contributed by atoms with Gasteiger partial charge in [0.25, 0.3) is 0 Å². The molecular formula is C12H18BrN3O. The minimum atomic E-state index is 0.322. The summed E-state index contributed by atoms with van der Waals surface area (Å²) in [7, 11) is 1.78. The van der Waals surface area contributed by atoms with Gasteiger partial charge in [-0.15, -0.1) is 0 Å². The zero-order chi connectivity index (χ0) is 12.3. The first-order valence-corrected chi connectivity index (χ1v) is 6.83. The summed E-state index contributed by atoms with van der Waals surface area (Å²) in [6.07, 6.45) is 3.47. The average molecular weight is 300 g/mol. The van der Waals surface area contributed by atoms with Crippen LogP contribution in [0.2, 0.25) is 0 Å². The molecule has 2 heterocycles. The standard InChI is InChI=1S/C12H18BrN3O/c1-3-11-14-10(13)7-12(15-11)16-6-4-5-9(8-16)17-2/h7,9H,3-6,8H2,1-2H3. The van der Waals surface area contributed by atoms with E-state index in [1.54, 1.807) is 7.11 Å². The predicted molar refractivity (Wildman–Crippen MR) is 71.4 cm³/mol. The molecule has 4 nitrogen and oxygen atoms in total. The summed E-state index contributed by atoms with van der Waals surface area (Å²) >= 11 is 3.44. The van der Waals surface area contributed by atoms with E-state index >= 15 is 0 Å². The van der Waals surface area contributed by atoms with Crippen LogP contribution < -0.4 is 4.90 Å². The van der Waals surface area contributed by atoms with Gasteiger partial charge in [0.2, 0.25) is 0 Å². The summed E-state index contributed by atoms with van der Waals surface area (Å²) in [5.41, 5.74) is 0. The third-order valence-electron chi connectivity index (χ3n) is 3.08. The molecule has 1 fully saturated rings. The highest BCUT2D eigenvalue weighted by molar-refractivity contribution is 9.10. The monoisotopic (exact) mass is 299 g/mol. The minimum Gasteiger partial charge on any atom is -0.380 e. The quantitative estimate of drug-likeness (QED) is 0.804. The van der Waals surface area contributed by atoms with Crippen LogP contribution in [0.25, 0.3) is 0 Å². The van der Waals surface area contributed by atoms with Crippen LogP contribution in [0.3, 0.4) is 0 Å². The molecule has 0 aromatic carbocycles. The number of anilines is 1. The van der Waals surface area contributed by atoms with Crippen molar-refractivity contribution in [3.8, 4) is 0 Å². The van der Waals surface area contributed by atoms with Crippen LogP contribution in [0.4, 0.5) is 5.82 Å². The lowest BCUT2D eigenvalue weighted by Gasteiger charge is -2.32. The molecular weight excluding hydrogens is 282 g/mol. The third-order valence-corrected chi connectivity index (χ3v) is 3.49. The third kappa shape index (κ3) is 3.16. The maximum Gasteiger partial charge on any atom is 0.133 e. The average Bonchev–Trinajstić information content (AvgIpc) is 2.38. The summed E-state index contributed by atoms with van der Waals surface area (Å²) < 4.78 is 6.29. The molecule has 0 radical (unpaired) electrons. The van der Waals surface area contributed by atoms with Crippen LogP contribution in [0.1, 0.15) is 25.6 Å². The molecule has 0 spiro atoms. The number of methoxy groups -OCH3 is 1. The van der Waals surface area contributed by atoms with Crippen LogP contribution in [-0.4, -0.2) is 36.3 Å². The molecule has 1 aliphatic rings. The van der Waals surface area contributed by atoms with E-state index in [9.17, 15) is 0 Å². The first kappa shape index (κ1) is 12.8. The molecule has 1 saturated heterocycles. The van der Waals surface area contributed by atoms with Gasteiger partial charge < -0.3 is 9.64 Å². The number of hydrogen-bond donors (Lipinski definition) is 0. The normalized spacial score (nSPS) is 20.6. The van der Waals surface area contributed by atoms with Crippen LogP contribution in [0, 0.1) is 0 Å². The van der Waals surface area contributed by atoms with Gasteiger partial charge in [0.1, 0.15) is 16.2 Å². The highest BCUT2D eigenvalue weighted by Gasteiger charge is 2.21. The summed E-state index contributed by atoms with van der Waals surface area (Å²) in [4.78, 5) is 11.2. The van der Waals surface area contributed by atoms with Crippen molar-refractivity contribution < 1.29 is 4.74 Å². The molecule has 2 rings (SSSR count). The van der Waals surface area contributed by atoms with Gasteiger partial charge in [-0.2, -0.15) is 0 Å². The largest absolute Gasteiger partial charge is 0.380 e. The second kappa shape index (κ2) is 5.78. The van der Waals surface area contributed by atoms with Crippen molar-refractivity contribution in [2.45, 2.75) is 32.3 Å². The van der Waals surface area contributed by atoms with Gasteiger partial charge >= 0.3 is 0 Å². The Kier molecular flexibility index (Phi) is 4.34. The van der Waals surface area contributed by atoms with E-state index in [0.29, 0.717) is 6.10 Å². The molecule has 1 atom stereocenters. The van der Waals surface area contributed by atoms with Crippen molar-refractivity contribution >= 4 is 21.7 Å². The molecule has 1 aromatic heterocycles. The number of ether oxygens (including phenoxy) is 1. The zero-order valence-electron chi connectivity index (χ0n) is 10.3. The highest BCUT2D eigenvalue weighted by atomic mass is 79.9. The molecule has 1 aliphatic heterocycles. The molecule has 5 heteroatoms. The number of aryl methyl sites for hydroxylation is 1. The molecule has 1 unspecified atom stereocenters. The fourth-order valence-corrected chi connectivity index (χ4v) is 2.52. The Hall–Kier alpha value is -0.680. The lowest BCUT2D eigenvalue weighted by atomic mass is 10.1. The summed E-state index contributed by atoms with van der Waals surface area (Å²) in [6, 6.07) is 1.98. The molecule has 0 saturated carbocycles. The first-order valence-electron chi connectivity index (χ1n) is 6.04. The minimum absolute atomic E-state index is 0.322. The van der Waals surface area contributed by atoms with Gasteiger partial charge in [-0.1, -0.05) is 6.92 Å². The Bertz CT molecular complexity index is 386. The van der Waals surface area contributed by atoms with Crippen molar-refractivity contribution in [1.29, 1.82) is 0 Å². The molecule has 17 heavy (non-hydrogen) atoms. The second-order valence-corrected chi connectivity index (χ2v) is 5.08. The number of halogens is 1. The van der Waals surface area contributed by atoms with E-state index in [1.807, 2.05) is 6.07 Å². The lowest BCUT2D eigenvalue weighted by molar-refractivity contribution is 0.0891. The Labute approximate surface area is 111 Å². The topological polar surface area (TPSA) is 38.2 Å². The predicted octanol–water partition coefficient (Wildman–Crippen LogP) is 2.42. The molecule has 0 aliphatic carbocycles. The number of hydrogen-bond acceptors (Lipinski definition) is 4. The van der Waals surface area contributed by atoms with Gasteiger partial charge in [-0.3, -0.25) is 0 Å². The van der Waals surface area contributed by atoms with Crippen molar-refractivity contribution in [2.24, 2.45) is 0 Å². The maximum atomic E-state index is 5.43. The number of aromatic nitrogens is 2. The van der Waals surface area contributed by atoms with Crippen molar-refractivity contribution in [3.05, 3.63) is 16.5 Å². The zero-order valence-corrected chi connectivity index (χ0v) is 11.9. The van der Waals surface area contributed by atoms with E-state index in [0.717, 1.165) is 48.6 Å². The SMILES string of the molecule is CCc1nc(Br)cc(N2CCCC(OC)C2)n1. The fourth-order valence-electron chi connectivity index (χ4n) is 2.11. The van der Waals surface area contributed by atoms with Crippen LogP contribution >= 0.6 is 15.9 Å². The van der Waals surface area contributed by atoms with Crippen LogP contribution in [0.5, 0.6) is 0 Å². The van der Waals surface area contributed by atoms with Crippen molar-refractivity contribution in [2.75, 3.05) is 25.1 Å². The van der Waals surface area contributed by atoms with Crippen LogP contribution in [0.15, 0.2) is 10.7 Å². The van der Waals surface area contributed by atoms with Gasteiger partial charge in [0, 0.05) is 32.7 Å². The molecule has 0 N–H and O–H groups in total. The Morgan fingerprint density at radius 3 is 3.06 bits per heavy atom.